The lowest BCUT2D eigenvalue weighted by Crippen LogP contribution is -2.47. The topological polar surface area (TPSA) is 66.9 Å². The molecule has 1 fully saturated rings. The fraction of sp³-hybridized carbons (Fsp3) is 0.615. The average Bonchev–Trinajstić information content (AvgIpc) is 2.39. The number of hydrogen-bond acceptors (Lipinski definition) is 4. The van der Waals surface area contributed by atoms with E-state index in [2.05, 4.69) is 20.6 Å². The van der Waals surface area contributed by atoms with Crippen molar-refractivity contribution in [3.8, 4) is 0 Å². The van der Waals surface area contributed by atoms with Gasteiger partial charge in [-0.15, -0.1) is 0 Å². The van der Waals surface area contributed by atoms with Gasteiger partial charge < -0.3 is 10.6 Å². The normalized spacial score (nSPS) is 18.0. The van der Waals surface area contributed by atoms with Crippen LogP contribution in [0.2, 0.25) is 5.15 Å². The van der Waals surface area contributed by atoms with Crippen LogP contribution in [0, 0.1) is 0 Å². The van der Waals surface area contributed by atoms with Gasteiger partial charge in [0.05, 0.1) is 0 Å². The second kappa shape index (κ2) is 6.30. The molecule has 6 heteroatoms. The Hall–Kier alpha value is -1.20. The molecule has 104 valence electrons. The highest BCUT2D eigenvalue weighted by Crippen LogP contribution is 2.30. The third-order valence-electron chi connectivity index (χ3n) is 3.74. The van der Waals surface area contributed by atoms with Crippen molar-refractivity contribution < 1.29 is 4.79 Å². The van der Waals surface area contributed by atoms with Gasteiger partial charge in [0.1, 0.15) is 17.3 Å². The van der Waals surface area contributed by atoms with Crippen molar-refractivity contribution in [2.75, 3.05) is 12.4 Å². The van der Waals surface area contributed by atoms with Crippen molar-refractivity contribution in [3.63, 3.8) is 0 Å². The van der Waals surface area contributed by atoms with Crippen LogP contribution in [-0.2, 0) is 4.79 Å². The summed E-state index contributed by atoms with van der Waals surface area (Å²) in [6.45, 7) is 0. The summed E-state index contributed by atoms with van der Waals surface area (Å²) < 4.78 is 0. The number of nitrogens with zero attached hydrogens (tertiary/aromatic N) is 2. The number of carbonyl (C=O) groups excluding carboxylic acids is 1. The summed E-state index contributed by atoms with van der Waals surface area (Å²) >= 11 is 5.76. The van der Waals surface area contributed by atoms with Crippen molar-refractivity contribution in [3.05, 3.63) is 17.5 Å². The lowest BCUT2D eigenvalue weighted by atomic mass is 9.79. The Morgan fingerprint density at radius 2 is 2.11 bits per heavy atom. The van der Waals surface area contributed by atoms with Crippen LogP contribution in [0.25, 0.3) is 0 Å². The maximum Gasteiger partial charge on any atom is 0.227 e. The minimum Gasteiger partial charge on any atom is -0.314 e. The van der Waals surface area contributed by atoms with Crippen molar-refractivity contribution in [2.45, 2.75) is 44.1 Å². The summed E-state index contributed by atoms with van der Waals surface area (Å²) in [7, 11) is 1.93. The molecule has 1 aliphatic rings. The van der Waals surface area contributed by atoms with E-state index in [0.29, 0.717) is 17.4 Å². The quantitative estimate of drug-likeness (QED) is 0.832. The summed E-state index contributed by atoms with van der Waals surface area (Å²) in [5.41, 5.74) is -0.0703. The molecule has 2 N–H and O–H groups in total. The highest BCUT2D eigenvalue weighted by Gasteiger charge is 2.32. The van der Waals surface area contributed by atoms with Gasteiger partial charge in [-0.1, -0.05) is 30.9 Å². The van der Waals surface area contributed by atoms with Gasteiger partial charge in [0, 0.05) is 18.0 Å². The smallest absolute Gasteiger partial charge is 0.227 e. The van der Waals surface area contributed by atoms with E-state index >= 15 is 0 Å². The van der Waals surface area contributed by atoms with Gasteiger partial charge in [-0.05, 0) is 19.9 Å². The molecule has 0 aliphatic heterocycles. The van der Waals surface area contributed by atoms with Crippen LogP contribution in [0.5, 0.6) is 0 Å². The van der Waals surface area contributed by atoms with E-state index in [-0.39, 0.29) is 11.4 Å². The van der Waals surface area contributed by atoms with E-state index in [0.717, 1.165) is 12.8 Å². The van der Waals surface area contributed by atoms with Gasteiger partial charge in [-0.2, -0.15) is 0 Å². The zero-order valence-corrected chi connectivity index (χ0v) is 11.8. The van der Waals surface area contributed by atoms with E-state index < -0.39 is 0 Å². The zero-order valence-electron chi connectivity index (χ0n) is 11.1. The van der Waals surface area contributed by atoms with Gasteiger partial charge in [0.25, 0.3) is 0 Å². The maximum absolute atomic E-state index is 12.1. The first-order valence-electron chi connectivity index (χ1n) is 6.60. The molecule has 0 atom stereocenters. The molecule has 1 aromatic heterocycles. The fourth-order valence-electron chi connectivity index (χ4n) is 2.64. The zero-order chi connectivity index (χ0) is 13.7. The number of carbonyl (C=O) groups is 1. The van der Waals surface area contributed by atoms with Crippen molar-refractivity contribution in [1.82, 2.24) is 15.3 Å². The molecule has 19 heavy (non-hydrogen) atoms. The van der Waals surface area contributed by atoms with Crippen LogP contribution in [0.3, 0.4) is 0 Å². The minimum atomic E-state index is -0.0703. The molecule has 1 amide bonds. The van der Waals surface area contributed by atoms with Crippen LogP contribution < -0.4 is 10.6 Å². The van der Waals surface area contributed by atoms with Crippen molar-refractivity contribution in [2.24, 2.45) is 0 Å². The Kier molecular flexibility index (Phi) is 4.71. The highest BCUT2D eigenvalue weighted by molar-refractivity contribution is 6.29. The van der Waals surface area contributed by atoms with Crippen molar-refractivity contribution in [1.29, 1.82) is 0 Å². The number of nitrogens with one attached hydrogen (secondary N) is 2. The Morgan fingerprint density at radius 1 is 1.37 bits per heavy atom. The maximum atomic E-state index is 12.1. The molecular weight excluding hydrogens is 264 g/mol. The molecule has 0 radical (unpaired) electrons. The number of hydrogen-bond donors (Lipinski definition) is 2. The van der Waals surface area contributed by atoms with Crippen LogP contribution in [0.1, 0.15) is 38.5 Å². The molecule has 2 rings (SSSR count). The summed E-state index contributed by atoms with van der Waals surface area (Å²) in [5, 5.41) is 6.43. The number of anilines is 1. The molecule has 0 saturated heterocycles. The van der Waals surface area contributed by atoms with Crippen LogP contribution in [0.4, 0.5) is 5.82 Å². The summed E-state index contributed by atoms with van der Waals surface area (Å²) in [6, 6.07) is 1.55. The van der Waals surface area contributed by atoms with Crippen LogP contribution >= 0.6 is 11.6 Å². The summed E-state index contributed by atoms with van der Waals surface area (Å²) in [5.74, 6) is 0.415. The number of amides is 1. The van der Waals surface area contributed by atoms with E-state index in [9.17, 15) is 4.79 Å². The third kappa shape index (κ3) is 3.88. The second-order valence-electron chi connectivity index (χ2n) is 5.04. The minimum absolute atomic E-state index is 0.0361. The Labute approximate surface area is 118 Å². The first-order chi connectivity index (χ1) is 9.13. The number of halogens is 1. The van der Waals surface area contributed by atoms with E-state index in [4.69, 9.17) is 11.6 Å². The van der Waals surface area contributed by atoms with E-state index in [1.807, 2.05) is 7.05 Å². The second-order valence-corrected chi connectivity index (χ2v) is 5.43. The molecule has 0 spiro atoms. The molecule has 0 aromatic carbocycles. The monoisotopic (exact) mass is 282 g/mol. The fourth-order valence-corrected chi connectivity index (χ4v) is 2.79. The predicted octanol–water partition coefficient (Wildman–Crippen LogP) is 2.38. The number of rotatable bonds is 4. The lowest BCUT2D eigenvalue weighted by Gasteiger charge is -2.36. The highest BCUT2D eigenvalue weighted by atomic mass is 35.5. The van der Waals surface area contributed by atoms with Gasteiger partial charge in [0.15, 0.2) is 0 Å². The Morgan fingerprint density at radius 3 is 2.74 bits per heavy atom. The number of aromatic nitrogens is 2. The van der Waals surface area contributed by atoms with Gasteiger partial charge in [0.2, 0.25) is 5.91 Å². The summed E-state index contributed by atoms with van der Waals surface area (Å²) in [4.78, 5) is 19.9. The van der Waals surface area contributed by atoms with Gasteiger partial charge >= 0.3 is 0 Å². The summed E-state index contributed by atoms with van der Waals surface area (Å²) in [6.07, 6.45) is 7.49. The first kappa shape index (κ1) is 14.2. The SMILES string of the molecule is CNC1(CC(=O)Nc2cc(Cl)ncn2)CCCCC1. The van der Waals surface area contributed by atoms with Crippen molar-refractivity contribution >= 4 is 23.3 Å². The standard InChI is InChI=1S/C13H19ClN4O/c1-15-13(5-3-2-4-6-13)8-12(19)18-11-7-10(14)16-9-17-11/h7,9,15H,2-6,8H2,1H3,(H,16,17,18,19). The molecule has 1 aromatic rings. The molecular formula is C13H19ClN4O. The molecule has 1 aliphatic carbocycles. The van der Waals surface area contributed by atoms with E-state index in [1.165, 1.54) is 25.6 Å². The lowest BCUT2D eigenvalue weighted by molar-refractivity contribution is -0.117. The molecule has 1 saturated carbocycles. The largest absolute Gasteiger partial charge is 0.314 e. The average molecular weight is 283 g/mol. The first-order valence-corrected chi connectivity index (χ1v) is 6.98. The predicted molar refractivity (Wildman–Crippen MR) is 75.2 cm³/mol. The van der Waals surface area contributed by atoms with Crippen LogP contribution in [0.15, 0.2) is 12.4 Å². The molecule has 0 unspecified atom stereocenters. The van der Waals surface area contributed by atoms with E-state index in [1.54, 1.807) is 6.07 Å². The Bertz CT molecular complexity index is 446. The van der Waals surface area contributed by atoms with Gasteiger partial charge in [-0.25, -0.2) is 9.97 Å². The Balaban J connectivity index is 1.96. The molecule has 5 nitrogen and oxygen atoms in total. The van der Waals surface area contributed by atoms with Gasteiger partial charge in [-0.3, -0.25) is 4.79 Å². The molecule has 0 bridgehead atoms. The van der Waals surface area contributed by atoms with Crippen LogP contribution in [-0.4, -0.2) is 28.5 Å². The third-order valence-corrected chi connectivity index (χ3v) is 3.95. The molecule has 1 heterocycles.